The molecule has 0 aromatic rings. The first-order chi connectivity index (χ1) is 15.2. The van der Waals surface area contributed by atoms with Crippen LogP contribution >= 0.6 is 0 Å². The second kappa shape index (κ2) is 9.61. The summed E-state index contributed by atoms with van der Waals surface area (Å²) in [5.74, 6) is 7.17. The molecule has 0 N–H and O–H groups in total. The number of hydrogen-bond donors (Lipinski definition) is 0. The van der Waals surface area contributed by atoms with Gasteiger partial charge in [-0.15, -0.1) is 0 Å². The maximum Gasteiger partial charge on any atom is 0.293 e. The molecule has 0 aromatic carbocycles. The Hall–Kier alpha value is -0.530. The van der Waals surface area contributed by atoms with Crippen LogP contribution in [0.1, 0.15) is 119 Å². The van der Waals surface area contributed by atoms with Crippen molar-refractivity contribution in [3.05, 3.63) is 0 Å². The summed E-state index contributed by atoms with van der Waals surface area (Å²) < 4.78 is 5.42. The van der Waals surface area contributed by atoms with Gasteiger partial charge in [-0.25, -0.2) is 0 Å². The van der Waals surface area contributed by atoms with Crippen LogP contribution in [0.4, 0.5) is 0 Å². The molecule has 10 atom stereocenters. The summed E-state index contributed by atoms with van der Waals surface area (Å²) in [6.07, 6.45) is 16.6. The lowest BCUT2D eigenvalue weighted by Gasteiger charge is -2.61. The first kappa shape index (κ1) is 24.6. The molecule has 0 saturated heterocycles. The van der Waals surface area contributed by atoms with Crippen molar-refractivity contribution in [1.82, 2.24) is 0 Å². The minimum absolute atomic E-state index is 0.186. The van der Waals surface area contributed by atoms with Gasteiger partial charge in [0.15, 0.2) is 0 Å². The fraction of sp³-hybridized carbons (Fsp3) is 0.967. The lowest BCUT2D eigenvalue weighted by atomic mass is 9.44. The van der Waals surface area contributed by atoms with Crippen LogP contribution in [-0.2, 0) is 9.53 Å². The number of hydrogen-bond acceptors (Lipinski definition) is 2. The average Bonchev–Trinajstić information content (AvgIpc) is 3.11. The summed E-state index contributed by atoms with van der Waals surface area (Å²) in [7, 11) is 0. The third-order valence-electron chi connectivity index (χ3n) is 12.1. The van der Waals surface area contributed by atoms with Crippen molar-refractivity contribution in [2.24, 2.45) is 58.2 Å². The Balaban J connectivity index is 1.43. The van der Waals surface area contributed by atoms with Gasteiger partial charge in [0.1, 0.15) is 6.10 Å². The van der Waals surface area contributed by atoms with E-state index >= 15 is 0 Å². The zero-order valence-corrected chi connectivity index (χ0v) is 22.1. The molecular weight excluding hydrogens is 392 g/mol. The standard InChI is InChI=1S/C30H52O2/c1-7-22(20(2)3)9-8-21(4)26-12-13-27-25-11-10-23-18-24(32-19-31)14-16-29(23,5)28(25)15-17-30(26,27)6/h19-28H,7-18H2,1-6H3/t21-,22-,23+,24+,25+,26-,27+,28+,29+,30-/m1/s1. The minimum Gasteiger partial charge on any atom is -0.465 e. The van der Waals surface area contributed by atoms with Crippen molar-refractivity contribution >= 4 is 6.47 Å². The Morgan fingerprint density at radius 1 is 0.906 bits per heavy atom. The predicted molar refractivity (Wildman–Crippen MR) is 133 cm³/mol. The molecule has 2 heteroatoms. The fourth-order valence-corrected chi connectivity index (χ4v) is 10.1. The second-order valence-electron chi connectivity index (χ2n) is 13.5. The van der Waals surface area contributed by atoms with Crippen molar-refractivity contribution in [3.8, 4) is 0 Å². The van der Waals surface area contributed by atoms with E-state index < -0.39 is 0 Å². The maximum absolute atomic E-state index is 10.9. The highest BCUT2D eigenvalue weighted by Crippen LogP contribution is 2.68. The van der Waals surface area contributed by atoms with E-state index in [1.54, 1.807) is 0 Å². The monoisotopic (exact) mass is 444 g/mol. The van der Waals surface area contributed by atoms with E-state index in [0.717, 1.165) is 60.2 Å². The molecule has 0 aromatic heterocycles. The lowest BCUT2D eigenvalue weighted by Crippen LogP contribution is -2.54. The van der Waals surface area contributed by atoms with E-state index in [1.165, 1.54) is 64.2 Å². The van der Waals surface area contributed by atoms with Gasteiger partial charge in [0.2, 0.25) is 0 Å². The Labute approximate surface area is 199 Å². The molecule has 0 bridgehead atoms. The van der Waals surface area contributed by atoms with Crippen molar-refractivity contribution in [1.29, 1.82) is 0 Å². The number of carbonyl (C=O) groups excluding carboxylic acids is 1. The molecule has 0 amide bonds. The van der Waals surface area contributed by atoms with E-state index in [2.05, 4.69) is 41.5 Å². The van der Waals surface area contributed by atoms with Crippen LogP contribution in [0.15, 0.2) is 0 Å². The highest BCUT2D eigenvalue weighted by molar-refractivity contribution is 5.37. The quantitative estimate of drug-likeness (QED) is 0.352. The molecule has 4 aliphatic rings. The Morgan fingerprint density at radius 2 is 1.62 bits per heavy atom. The average molecular weight is 445 g/mol. The molecular formula is C30H52O2. The molecule has 0 unspecified atom stereocenters. The highest BCUT2D eigenvalue weighted by atomic mass is 16.5. The van der Waals surface area contributed by atoms with Crippen LogP contribution in [0.3, 0.4) is 0 Å². The lowest BCUT2D eigenvalue weighted by molar-refractivity contribution is -0.151. The van der Waals surface area contributed by atoms with Gasteiger partial charge in [-0.1, -0.05) is 54.4 Å². The van der Waals surface area contributed by atoms with Gasteiger partial charge >= 0.3 is 0 Å². The molecule has 0 spiro atoms. The molecule has 0 aliphatic heterocycles. The second-order valence-corrected chi connectivity index (χ2v) is 13.5. The molecule has 0 heterocycles. The van der Waals surface area contributed by atoms with E-state index in [9.17, 15) is 4.79 Å². The maximum atomic E-state index is 10.9. The van der Waals surface area contributed by atoms with Crippen LogP contribution in [-0.4, -0.2) is 12.6 Å². The van der Waals surface area contributed by atoms with Crippen molar-refractivity contribution in [2.45, 2.75) is 125 Å². The molecule has 184 valence electrons. The molecule has 32 heavy (non-hydrogen) atoms. The summed E-state index contributed by atoms with van der Waals surface area (Å²) in [5.41, 5.74) is 1.07. The van der Waals surface area contributed by atoms with Crippen LogP contribution in [0.5, 0.6) is 0 Å². The zero-order chi connectivity index (χ0) is 23.1. The summed E-state index contributed by atoms with van der Waals surface area (Å²) in [6.45, 7) is 15.9. The van der Waals surface area contributed by atoms with Crippen LogP contribution < -0.4 is 0 Å². The van der Waals surface area contributed by atoms with E-state index in [0.29, 0.717) is 17.3 Å². The predicted octanol–water partition coefficient (Wildman–Crippen LogP) is 8.29. The molecule has 4 rings (SSSR count). The first-order valence-corrected chi connectivity index (χ1v) is 14.3. The normalized spacial score (nSPS) is 45.5. The van der Waals surface area contributed by atoms with Crippen molar-refractivity contribution < 1.29 is 9.53 Å². The number of carbonyl (C=O) groups is 1. The Morgan fingerprint density at radius 3 is 2.31 bits per heavy atom. The van der Waals surface area contributed by atoms with Crippen LogP contribution in [0, 0.1) is 58.2 Å². The first-order valence-electron chi connectivity index (χ1n) is 14.3. The summed E-state index contributed by atoms with van der Waals surface area (Å²) in [4.78, 5) is 10.9. The van der Waals surface area contributed by atoms with E-state index in [1.807, 2.05) is 0 Å². The van der Waals surface area contributed by atoms with Crippen LogP contribution in [0.2, 0.25) is 0 Å². The van der Waals surface area contributed by atoms with Gasteiger partial charge < -0.3 is 4.74 Å². The van der Waals surface area contributed by atoms with Gasteiger partial charge in [0, 0.05) is 0 Å². The summed E-state index contributed by atoms with van der Waals surface area (Å²) in [6, 6.07) is 0. The van der Waals surface area contributed by atoms with Gasteiger partial charge in [-0.2, -0.15) is 0 Å². The van der Waals surface area contributed by atoms with Crippen molar-refractivity contribution in [3.63, 3.8) is 0 Å². The third kappa shape index (κ3) is 4.19. The molecule has 4 saturated carbocycles. The minimum atomic E-state index is 0.186. The number of rotatable bonds is 8. The topological polar surface area (TPSA) is 26.3 Å². The fourth-order valence-electron chi connectivity index (χ4n) is 10.1. The van der Waals surface area contributed by atoms with Crippen molar-refractivity contribution in [2.75, 3.05) is 0 Å². The SMILES string of the molecule is CC[C@H](CC[C@@H](C)[C@H]1CC[C@H]2[C@@H]3CC[C@H]4C[C@@H](OC=O)CC[C@]4(C)[C@H]3CC[C@]12C)C(C)C. The van der Waals surface area contributed by atoms with E-state index in [4.69, 9.17) is 4.74 Å². The smallest absolute Gasteiger partial charge is 0.293 e. The van der Waals surface area contributed by atoms with Crippen LogP contribution in [0.25, 0.3) is 0 Å². The Bertz CT molecular complexity index is 643. The van der Waals surface area contributed by atoms with Gasteiger partial charge in [0.05, 0.1) is 0 Å². The van der Waals surface area contributed by atoms with E-state index in [-0.39, 0.29) is 6.10 Å². The van der Waals surface area contributed by atoms with Gasteiger partial charge in [0.25, 0.3) is 6.47 Å². The third-order valence-corrected chi connectivity index (χ3v) is 12.1. The van der Waals surface area contributed by atoms with Gasteiger partial charge in [-0.05, 0) is 122 Å². The zero-order valence-electron chi connectivity index (χ0n) is 22.1. The highest BCUT2D eigenvalue weighted by Gasteiger charge is 2.60. The number of ether oxygens (including phenoxy) is 1. The van der Waals surface area contributed by atoms with Gasteiger partial charge in [-0.3, -0.25) is 4.79 Å². The Kier molecular flexibility index (Phi) is 7.39. The molecule has 0 radical (unpaired) electrons. The summed E-state index contributed by atoms with van der Waals surface area (Å²) in [5, 5.41) is 0. The molecule has 4 aliphatic carbocycles. The molecule has 4 fully saturated rings. The summed E-state index contributed by atoms with van der Waals surface area (Å²) >= 11 is 0. The largest absolute Gasteiger partial charge is 0.465 e. The number of fused-ring (bicyclic) bond motifs is 5. The molecule has 2 nitrogen and oxygen atoms in total.